The minimum absolute atomic E-state index is 0.0677. The lowest BCUT2D eigenvalue weighted by Gasteiger charge is -2.02. The van der Waals surface area contributed by atoms with Crippen LogP contribution in [0.5, 0.6) is 0 Å². The van der Waals surface area contributed by atoms with Gasteiger partial charge in [0, 0.05) is 12.8 Å². The van der Waals surface area contributed by atoms with Crippen LogP contribution in [0.3, 0.4) is 0 Å². The Morgan fingerprint density at radius 2 is 2.08 bits per heavy atom. The number of cyclic esters (lactones) is 1. The Morgan fingerprint density at radius 1 is 1.35 bits per heavy atom. The van der Waals surface area contributed by atoms with Gasteiger partial charge in [0.25, 0.3) is 5.56 Å². The first-order valence-corrected chi connectivity index (χ1v) is 7.99. The average Bonchev–Trinajstić information content (AvgIpc) is 3.20. The van der Waals surface area contributed by atoms with Crippen LogP contribution < -0.4 is 11.3 Å². The van der Waals surface area contributed by atoms with Crippen molar-refractivity contribution in [3.8, 4) is 0 Å². The Balaban J connectivity index is 0.000000228. The lowest BCUT2D eigenvalue weighted by molar-refractivity contribution is -0.141. The number of nitrogens with two attached hydrogens (primary N) is 1. The number of anilines is 1. The summed E-state index contributed by atoms with van der Waals surface area (Å²) in [4.78, 5) is 33.2. The fourth-order valence-corrected chi connectivity index (χ4v) is 2.24. The second-order valence-electron chi connectivity index (χ2n) is 5.51. The third kappa shape index (κ3) is 5.37. The Kier molecular flexibility index (Phi) is 6.78. The van der Waals surface area contributed by atoms with Crippen LogP contribution in [0.25, 0.3) is 0 Å². The summed E-state index contributed by atoms with van der Waals surface area (Å²) in [5.41, 5.74) is 5.13. The van der Waals surface area contributed by atoms with Gasteiger partial charge >= 0.3 is 11.9 Å². The maximum absolute atomic E-state index is 11.5. The van der Waals surface area contributed by atoms with E-state index in [1.165, 1.54) is 0 Å². The molecule has 1 aliphatic heterocycles. The van der Waals surface area contributed by atoms with Gasteiger partial charge in [-0.25, -0.2) is 4.79 Å². The van der Waals surface area contributed by atoms with Gasteiger partial charge in [-0.05, 0) is 12.0 Å². The first-order chi connectivity index (χ1) is 12.5. The van der Waals surface area contributed by atoms with Crippen LogP contribution in [0.1, 0.15) is 35.2 Å². The number of nitrogen functional groups attached to an aromatic ring is 1. The molecule has 1 aliphatic rings. The van der Waals surface area contributed by atoms with Crippen LogP contribution >= 0.6 is 0 Å². The molecule has 0 spiro atoms. The number of aromatic nitrogens is 1. The van der Waals surface area contributed by atoms with Gasteiger partial charge in [-0.1, -0.05) is 36.4 Å². The van der Waals surface area contributed by atoms with Gasteiger partial charge in [-0.15, -0.1) is 6.58 Å². The Morgan fingerprint density at radius 3 is 2.62 bits per heavy atom. The molecule has 2 heterocycles. The van der Waals surface area contributed by atoms with E-state index in [1.807, 2.05) is 23.4 Å². The number of carbonyl (C=O) groups is 2. The van der Waals surface area contributed by atoms with Crippen molar-refractivity contribution in [2.45, 2.75) is 32.0 Å². The van der Waals surface area contributed by atoms with Gasteiger partial charge in [-0.3, -0.25) is 9.59 Å². The molecule has 138 valence electrons. The molecular formula is C18H20N2O6. The van der Waals surface area contributed by atoms with E-state index in [1.54, 1.807) is 18.2 Å². The zero-order valence-electron chi connectivity index (χ0n) is 14.1. The minimum atomic E-state index is -0.804. The second-order valence-corrected chi connectivity index (χ2v) is 5.51. The first-order valence-electron chi connectivity index (χ1n) is 7.99. The highest BCUT2D eigenvalue weighted by Crippen LogP contribution is 2.16. The van der Waals surface area contributed by atoms with Crippen LogP contribution in [0.2, 0.25) is 0 Å². The topological polar surface area (TPSA) is 125 Å². The summed E-state index contributed by atoms with van der Waals surface area (Å²) in [6.45, 7) is 3.63. The summed E-state index contributed by atoms with van der Waals surface area (Å²) in [6, 6.07) is 9.10. The van der Waals surface area contributed by atoms with Crippen molar-refractivity contribution in [2.24, 2.45) is 0 Å². The van der Waals surface area contributed by atoms with E-state index in [9.17, 15) is 14.4 Å². The number of ether oxygens (including phenoxy) is 2. The largest absolute Gasteiger partial charge is 0.462 e. The maximum Gasteiger partial charge on any atom is 0.349 e. The zero-order valence-corrected chi connectivity index (χ0v) is 14.1. The van der Waals surface area contributed by atoms with Crippen LogP contribution in [-0.4, -0.2) is 23.2 Å². The number of rotatable bonds is 5. The van der Waals surface area contributed by atoms with Crippen molar-refractivity contribution in [1.82, 2.24) is 5.16 Å². The number of hydrogen-bond donors (Lipinski definition) is 2. The summed E-state index contributed by atoms with van der Waals surface area (Å²) >= 11 is 0. The molecule has 1 unspecified atom stereocenters. The molecule has 2 aromatic rings. The third-order valence-corrected chi connectivity index (χ3v) is 3.54. The van der Waals surface area contributed by atoms with Crippen molar-refractivity contribution in [3.63, 3.8) is 0 Å². The van der Waals surface area contributed by atoms with Crippen molar-refractivity contribution in [3.05, 3.63) is 64.5 Å². The molecule has 8 nitrogen and oxygen atoms in total. The van der Waals surface area contributed by atoms with Gasteiger partial charge in [0.15, 0.2) is 5.56 Å². The standard InChI is InChI=1S/C11H10N2O4.C7H10O2/c12-9-8(10(14)13-17-9)11(15)16-6-7-4-2-1-3-5-7;1-2-3-6-4-5-7(8)9-6/h1-5H,6,12H2,(H,13,14);2,6H,1,3-5H2. The van der Waals surface area contributed by atoms with E-state index < -0.39 is 11.5 Å². The normalized spacial score (nSPS) is 15.5. The van der Waals surface area contributed by atoms with Gasteiger partial charge in [0.05, 0.1) is 0 Å². The smallest absolute Gasteiger partial charge is 0.349 e. The maximum atomic E-state index is 11.5. The quantitative estimate of drug-likeness (QED) is 0.618. The van der Waals surface area contributed by atoms with Crippen molar-refractivity contribution in [1.29, 1.82) is 0 Å². The van der Waals surface area contributed by atoms with Crippen molar-refractivity contribution >= 4 is 17.8 Å². The molecule has 0 amide bonds. The number of carbonyl (C=O) groups excluding carboxylic acids is 2. The summed E-state index contributed by atoms with van der Waals surface area (Å²) in [5.74, 6) is -1.14. The first kappa shape index (κ1) is 19.0. The zero-order chi connectivity index (χ0) is 18.9. The lowest BCUT2D eigenvalue weighted by atomic mass is 10.2. The highest BCUT2D eigenvalue weighted by molar-refractivity contribution is 5.93. The van der Waals surface area contributed by atoms with E-state index in [0.29, 0.717) is 6.42 Å². The molecule has 1 fully saturated rings. The van der Waals surface area contributed by atoms with Crippen LogP contribution in [0, 0.1) is 0 Å². The molecule has 3 rings (SSSR count). The predicted molar refractivity (Wildman–Crippen MR) is 93.2 cm³/mol. The van der Waals surface area contributed by atoms with E-state index in [0.717, 1.165) is 18.4 Å². The van der Waals surface area contributed by atoms with Gasteiger partial charge in [-0.2, -0.15) is 5.16 Å². The summed E-state index contributed by atoms with van der Waals surface area (Å²) in [6.07, 6.45) is 4.15. The fourth-order valence-electron chi connectivity index (χ4n) is 2.24. The number of esters is 2. The highest BCUT2D eigenvalue weighted by Gasteiger charge is 2.21. The third-order valence-electron chi connectivity index (χ3n) is 3.54. The van der Waals surface area contributed by atoms with Gasteiger partial charge in [0.2, 0.25) is 5.88 Å². The molecule has 0 radical (unpaired) electrons. The number of benzene rings is 1. The highest BCUT2D eigenvalue weighted by atomic mass is 16.5. The Hall–Kier alpha value is -3.29. The second kappa shape index (κ2) is 9.26. The molecule has 1 saturated heterocycles. The number of hydrogen-bond acceptors (Lipinski definition) is 7. The number of nitrogens with one attached hydrogen (secondary N) is 1. The molecule has 0 bridgehead atoms. The molecule has 3 N–H and O–H groups in total. The lowest BCUT2D eigenvalue weighted by Crippen LogP contribution is -2.16. The molecule has 0 saturated carbocycles. The van der Waals surface area contributed by atoms with E-state index in [4.69, 9.17) is 15.2 Å². The molecule has 1 atom stereocenters. The van der Waals surface area contributed by atoms with Crippen molar-refractivity contribution < 1.29 is 23.6 Å². The van der Waals surface area contributed by atoms with E-state index in [2.05, 4.69) is 11.1 Å². The summed E-state index contributed by atoms with van der Waals surface area (Å²) < 4.78 is 14.3. The molecule has 26 heavy (non-hydrogen) atoms. The summed E-state index contributed by atoms with van der Waals surface area (Å²) in [5, 5.41) is 1.96. The van der Waals surface area contributed by atoms with Crippen LogP contribution in [0.15, 0.2) is 52.3 Å². The van der Waals surface area contributed by atoms with Gasteiger partial charge < -0.3 is 19.7 Å². The van der Waals surface area contributed by atoms with Crippen LogP contribution in [0.4, 0.5) is 5.88 Å². The van der Waals surface area contributed by atoms with Gasteiger partial charge in [0.1, 0.15) is 12.7 Å². The molecule has 8 heteroatoms. The monoisotopic (exact) mass is 360 g/mol. The van der Waals surface area contributed by atoms with Crippen LogP contribution in [-0.2, 0) is 20.9 Å². The number of H-pyrrole nitrogens is 1. The van der Waals surface area contributed by atoms with E-state index >= 15 is 0 Å². The molecule has 1 aromatic heterocycles. The molecular weight excluding hydrogens is 340 g/mol. The summed E-state index contributed by atoms with van der Waals surface area (Å²) in [7, 11) is 0. The van der Waals surface area contributed by atoms with E-state index in [-0.39, 0.29) is 30.1 Å². The molecule has 0 aliphatic carbocycles. The Bertz CT molecular complexity index is 809. The molecule has 1 aromatic carbocycles. The number of aromatic amines is 1. The minimum Gasteiger partial charge on any atom is -0.462 e. The Labute approximate surface area is 149 Å². The fraction of sp³-hybridized carbons (Fsp3) is 0.278. The predicted octanol–water partition coefficient (Wildman–Crippen LogP) is 2.18. The average molecular weight is 360 g/mol. The van der Waals surface area contributed by atoms with Crippen molar-refractivity contribution in [2.75, 3.05) is 5.73 Å². The SMILES string of the molecule is C=CCC1CCC(=O)O1.Nc1o[nH]c(=O)c1C(=O)OCc1ccccc1.